The molecule has 0 amide bonds. The molecule has 0 saturated heterocycles. The van der Waals surface area contributed by atoms with Gasteiger partial charge >= 0.3 is 11.9 Å². The van der Waals surface area contributed by atoms with E-state index in [0.717, 1.165) is 0 Å². The summed E-state index contributed by atoms with van der Waals surface area (Å²) in [6.45, 7) is 5.66. The van der Waals surface area contributed by atoms with E-state index in [2.05, 4.69) is 0 Å². The molecule has 0 unspecified atom stereocenters. The molecule has 0 aliphatic carbocycles. The highest BCUT2D eigenvalue weighted by molar-refractivity contribution is 5.86. The zero-order valence-electron chi connectivity index (χ0n) is 11.9. The number of esters is 1. The number of hydrogen-bond acceptors (Lipinski definition) is 5. The van der Waals surface area contributed by atoms with E-state index in [-0.39, 0.29) is 11.7 Å². The molecular weight excluding hydrogens is 262 g/mol. The summed E-state index contributed by atoms with van der Waals surface area (Å²) in [6.07, 6.45) is 8.19. The summed E-state index contributed by atoms with van der Waals surface area (Å²) >= 11 is 0. The van der Waals surface area contributed by atoms with Crippen LogP contribution in [0.3, 0.4) is 0 Å². The zero-order valence-corrected chi connectivity index (χ0v) is 11.9. The fraction of sp³-hybridized carbons (Fsp3) is 0.429. The highest BCUT2D eigenvalue weighted by atomic mass is 16.6. The van der Waals surface area contributed by atoms with Crippen molar-refractivity contribution < 1.29 is 24.2 Å². The van der Waals surface area contributed by atoms with Crippen LogP contribution in [0.5, 0.6) is 0 Å². The molecule has 0 aromatic rings. The topological polar surface area (TPSA) is 98.9 Å². The molecule has 20 heavy (non-hydrogen) atoms. The summed E-state index contributed by atoms with van der Waals surface area (Å²) < 4.78 is 9.70. The molecule has 6 heteroatoms. The Morgan fingerprint density at radius 1 is 1.35 bits per heavy atom. The lowest BCUT2D eigenvalue weighted by atomic mass is 10.1. The largest absolute Gasteiger partial charge is 0.480 e. The molecule has 0 saturated carbocycles. The van der Waals surface area contributed by atoms with Crippen LogP contribution >= 0.6 is 0 Å². The molecule has 0 bridgehead atoms. The second-order valence-electron chi connectivity index (χ2n) is 4.19. The van der Waals surface area contributed by atoms with Crippen LogP contribution < -0.4 is 5.73 Å². The van der Waals surface area contributed by atoms with Crippen LogP contribution in [0.2, 0.25) is 0 Å². The third kappa shape index (κ3) is 7.38. The van der Waals surface area contributed by atoms with Gasteiger partial charge in [-0.25, -0.2) is 4.79 Å². The monoisotopic (exact) mass is 283 g/mol. The minimum absolute atomic E-state index is 0.0208. The van der Waals surface area contributed by atoms with E-state index < -0.39 is 18.0 Å². The van der Waals surface area contributed by atoms with E-state index in [1.54, 1.807) is 45.1 Å². The first-order valence-corrected chi connectivity index (χ1v) is 6.25. The first-order valence-electron chi connectivity index (χ1n) is 6.25. The number of hydrogen-bond donors (Lipinski definition) is 2. The first-order chi connectivity index (χ1) is 9.40. The fourth-order valence-corrected chi connectivity index (χ4v) is 1.01. The Morgan fingerprint density at radius 2 is 2.00 bits per heavy atom. The van der Waals surface area contributed by atoms with Gasteiger partial charge in [-0.15, -0.1) is 0 Å². The maximum absolute atomic E-state index is 11.1. The fourth-order valence-electron chi connectivity index (χ4n) is 1.01. The highest BCUT2D eigenvalue weighted by Crippen LogP contribution is 2.05. The molecule has 1 aliphatic heterocycles. The van der Waals surface area contributed by atoms with Gasteiger partial charge in [0, 0.05) is 0 Å². The molecule has 0 aromatic carbocycles. The van der Waals surface area contributed by atoms with Gasteiger partial charge in [0.05, 0.1) is 12.9 Å². The number of nitrogens with two attached hydrogens (primary N) is 1. The van der Waals surface area contributed by atoms with Gasteiger partial charge in [0.1, 0.15) is 6.04 Å². The van der Waals surface area contributed by atoms with Gasteiger partial charge in [0.15, 0.2) is 0 Å². The van der Waals surface area contributed by atoms with Crippen LogP contribution in [0, 0.1) is 5.92 Å². The average Bonchev–Trinajstić information content (AvgIpc) is 2.67. The van der Waals surface area contributed by atoms with E-state index in [1.807, 2.05) is 0 Å². The van der Waals surface area contributed by atoms with Gasteiger partial charge in [0.25, 0.3) is 0 Å². The number of rotatable bonds is 4. The van der Waals surface area contributed by atoms with Crippen molar-refractivity contribution in [3.8, 4) is 0 Å². The lowest BCUT2D eigenvalue weighted by Crippen LogP contribution is -2.34. The standard InChI is InChI=1S/C9H10O3.C5H11NO2/c1-2-11-9(10)8-6-4-3-5-7-12-8;1-3(2)4(6)5(7)8/h3-7H,2H2,1H3;3-4H,6H2,1-2H3,(H,7,8)/t;4-/m.0/s1. The van der Waals surface area contributed by atoms with Crippen LogP contribution in [0.1, 0.15) is 20.8 Å². The van der Waals surface area contributed by atoms with Crippen molar-refractivity contribution in [3.05, 3.63) is 36.3 Å². The van der Waals surface area contributed by atoms with Crippen LogP contribution in [-0.2, 0) is 19.1 Å². The second-order valence-corrected chi connectivity index (χ2v) is 4.19. The number of allylic oxidation sites excluding steroid dienone is 4. The van der Waals surface area contributed by atoms with Gasteiger partial charge in [-0.05, 0) is 25.0 Å². The Hall–Kier alpha value is -2.08. The summed E-state index contributed by atoms with van der Waals surface area (Å²) in [6, 6.07) is -0.713. The third-order valence-corrected chi connectivity index (χ3v) is 2.22. The Kier molecular flexibility index (Phi) is 8.78. The van der Waals surface area contributed by atoms with Gasteiger partial charge in [-0.1, -0.05) is 26.0 Å². The minimum Gasteiger partial charge on any atom is -0.480 e. The Morgan fingerprint density at radius 3 is 2.45 bits per heavy atom. The summed E-state index contributed by atoms with van der Waals surface area (Å²) in [5.74, 6) is -1.14. The normalized spacial score (nSPS) is 14.3. The number of carbonyl (C=O) groups is 2. The lowest BCUT2D eigenvalue weighted by molar-refractivity contribution is -0.141. The quantitative estimate of drug-likeness (QED) is 0.760. The van der Waals surface area contributed by atoms with Crippen molar-refractivity contribution in [3.63, 3.8) is 0 Å². The molecule has 0 fully saturated rings. The van der Waals surface area contributed by atoms with E-state index in [4.69, 9.17) is 20.3 Å². The smallest absolute Gasteiger partial charge is 0.374 e. The molecule has 1 heterocycles. The number of carboxylic acid groups (broad SMARTS) is 1. The molecule has 0 aromatic heterocycles. The number of aliphatic carboxylic acids is 1. The van der Waals surface area contributed by atoms with E-state index >= 15 is 0 Å². The molecule has 0 spiro atoms. The molecule has 3 N–H and O–H groups in total. The van der Waals surface area contributed by atoms with E-state index in [9.17, 15) is 9.59 Å². The average molecular weight is 283 g/mol. The molecule has 1 atom stereocenters. The Labute approximate surface area is 118 Å². The summed E-state index contributed by atoms with van der Waals surface area (Å²) in [4.78, 5) is 21.1. The molecule has 1 aliphatic rings. The van der Waals surface area contributed by atoms with E-state index in [1.165, 1.54) is 6.26 Å². The van der Waals surface area contributed by atoms with E-state index in [0.29, 0.717) is 6.61 Å². The van der Waals surface area contributed by atoms with Crippen molar-refractivity contribution in [2.24, 2.45) is 11.7 Å². The number of ether oxygens (including phenoxy) is 2. The van der Waals surface area contributed by atoms with Crippen molar-refractivity contribution in [2.45, 2.75) is 26.8 Å². The Balaban J connectivity index is 0.000000396. The summed E-state index contributed by atoms with van der Waals surface area (Å²) in [5, 5.41) is 8.23. The number of carbonyl (C=O) groups excluding carboxylic acids is 1. The van der Waals surface area contributed by atoms with Crippen molar-refractivity contribution >= 4 is 11.9 Å². The molecule has 112 valence electrons. The predicted octanol–water partition coefficient (Wildman–Crippen LogP) is 1.59. The maximum atomic E-state index is 11.1. The molecule has 0 radical (unpaired) electrons. The second kappa shape index (κ2) is 9.80. The molecule has 6 nitrogen and oxygen atoms in total. The van der Waals surface area contributed by atoms with Crippen LogP contribution in [0.25, 0.3) is 0 Å². The number of carboxylic acids is 1. The van der Waals surface area contributed by atoms with Crippen molar-refractivity contribution in [2.75, 3.05) is 6.61 Å². The maximum Gasteiger partial charge on any atom is 0.374 e. The zero-order chi connectivity index (χ0) is 15.5. The Bertz CT molecular complexity index is 410. The van der Waals surface area contributed by atoms with Gasteiger partial charge in [-0.2, -0.15) is 0 Å². The SMILES string of the molecule is CC(C)[C@H](N)C(=O)O.CCOC(=O)C1=CC=CC=CO1. The predicted molar refractivity (Wildman–Crippen MR) is 74.5 cm³/mol. The van der Waals surface area contributed by atoms with Crippen molar-refractivity contribution in [1.82, 2.24) is 0 Å². The van der Waals surface area contributed by atoms with Crippen molar-refractivity contribution in [1.29, 1.82) is 0 Å². The highest BCUT2D eigenvalue weighted by Gasteiger charge is 2.14. The van der Waals surface area contributed by atoms with Crippen LogP contribution in [0.4, 0.5) is 0 Å². The summed E-state index contributed by atoms with van der Waals surface area (Å²) in [5.41, 5.74) is 5.16. The molecule has 1 rings (SSSR count). The van der Waals surface area contributed by atoms with Gasteiger partial charge in [-0.3, -0.25) is 4.79 Å². The van der Waals surface area contributed by atoms with Crippen LogP contribution in [0.15, 0.2) is 36.3 Å². The summed E-state index contributed by atoms with van der Waals surface area (Å²) in [7, 11) is 0. The lowest BCUT2D eigenvalue weighted by Gasteiger charge is -2.07. The van der Waals surface area contributed by atoms with Gasteiger partial charge < -0.3 is 20.3 Å². The first kappa shape index (κ1) is 17.9. The molecular formula is C14H21NO5. The third-order valence-electron chi connectivity index (χ3n) is 2.22. The van der Waals surface area contributed by atoms with Crippen LogP contribution in [-0.4, -0.2) is 29.7 Å². The minimum atomic E-state index is -0.931. The van der Waals surface area contributed by atoms with Gasteiger partial charge in [0.2, 0.25) is 5.76 Å².